The molecule has 0 heterocycles. The van der Waals surface area contributed by atoms with Gasteiger partial charge in [-0.2, -0.15) is 4.79 Å². The van der Waals surface area contributed by atoms with Crippen LogP contribution in [0.1, 0.15) is 17.5 Å². The van der Waals surface area contributed by atoms with Gasteiger partial charge in [0.05, 0.1) is 5.56 Å². The van der Waals surface area contributed by atoms with E-state index in [2.05, 4.69) is 4.79 Å². The summed E-state index contributed by atoms with van der Waals surface area (Å²) in [6, 6.07) is 18.8. The highest BCUT2D eigenvalue weighted by molar-refractivity contribution is 6.43. The van der Waals surface area contributed by atoms with Gasteiger partial charge in [0.25, 0.3) is 0 Å². The van der Waals surface area contributed by atoms with Crippen molar-refractivity contribution in [3.8, 4) is 0 Å². The van der Waals surface area contributed by atoms with Crippen LogP contribution in [0, 0.1) is 0 Å². The van der Waals surface area contributed by atoms with Gasteiger partial charge < -0.3 is 5.53 Å². The Morgan fingerprint density at radius 3 is 2.11 bits per heavy atom. The van der Waals surface area contributed by atoms with Crippen molar-refractivity contribution in [3.05, 3.63) is 77.3 Å². The molecule has 0 aliphatic carbocycles. The van der Waals surface area contributed by atoms with E-state index in [9.17, 15) is 4.79 Å². The Morgan fingerprint density at radius 2 is 1.53 bits per heavy atom. The summed E-state index contributed by atoms with van der Waals surface area (Å²) in [4.78, 5) is 15.2. The molecule has 0 unspecified atom stereocenters. The molecule has 2 aromatic carbocycles. The maximum atomic E-state index is 12.1. The second-order valence-corrected chi connectivity index (χ2v) is 4.22. The van der Waals surface area contributed by atoms with Gasteiger partial charge in [-0.05, 0) is 24.1 Å². The van der Waals surface area contributed by atoms with Gasteiger partial charge in [0.15, 0.2) is 0 Å². The van der Waals surface area contributed by atoms with E-state index >= 15 is 0 Å². The molecule has 0 aliphatic heterocycles. The molecule has 3 heteroatoms. The minimum atomic E-state index is -0.155. The lowest BCUT2D eigenvalue weighted by atomic mass is 10.0. The summed E-state index contributed by atoms with van der Waals surface area (Å²) >= 11 is 0. The van der Waals surface area contributed by atoms with Crippen LogP contribution in [0.15, 0.2) is 60.7 Å². The molecule has 0 bridgehead atoms. The zero-order valence-electron chi connectivity index (χ0n) is 10.5. The first-order chi connectivity index (χ1) is 9.31. The first kappa shape index (κ1) is 12.9. The molecule has 94 valence electrons. The van der Waals surface area contributed by atoms with Gasteiger partial charge >= 0.3 is 5.71 Å². The van der Waals surface area contributed by atoms with Crippen LogP contribution in [-0.4, -0.2) is 16.3 Å². The number of ketones is 1. The number of rotatable bonds is 5. The molecule has 0 spiro atoms. The lowest BCUT2D eigenvalue weighted by molar-refractivity contribution is -0.117. The fourth-order valence-electron chi connectivity index (χ4n) is 1.89. The van der Waals surface area contributed by atoms with Gasteiger partial charge in [-0.3, -0.25) is 4.79 Å². The number of carbonyl (C=O) groups excluding carboxylic acids is 1. The molecule has 0 aromatic heterocycles. The highest BCUT2D eigenvalue weighted by Crippen LogP contribution is 2.06. The van der Waals surface area contributed by atoms with Gasteiger partial charge in [-0.15, -0.1) is 0 Å². The van der Waals surface area contributed by atoms with E-state index in [1.807, 2.05) is 48.5 Å². The van der Waals surface area contributed by atoms with E-state index < -0.39 is 0 Å². The van der Waals surface area contributed by atoms with Crippen molar-refractivity contribution in [2.24, 2.45) is 0 Å². The van der Waals surface area contributed by atoms with E-state index in [4.69, 9.17) is 5.53 Å². The molecule has 19 heavy (non-hydrogen) atoms. The Labute approximate surface area is 112 Å². The molecule has 0 radical (unpaired) electrons. The van der Waals surface area contributed by atoms with E-state index in [1.165, 1.54) is 0 Å². The van der Waals surface area contributed by atoms with Crippen molar-refractivity contribution in [1.29, 1.82) is 0 Å². The zero-order chi connectivity index (χ0) is 13.5. The molecule has 0 fully saturated rings. The van der Waals surface area contributed by atoms with Crippen LogP contribution in [0.3, 0.4) is 0 Å². The highest BCUT2D eigenvalue weighted by Gasteiger charge is 2.21. The molecule has 0 aliphatic rings. The van der Waals surface area contributed by atoms with Crippen LogP contribution in [-0.2, 0) is 11.2 Å². The summed E-state index contributed by atoms with van der Waals surface area (Å²) in [6.07, 6.45) is 0.976. The normalized spacial score (nSPS) is 9.68. The van der Waals surface area contributed by atoms with Crippen LogP contribution in [0.25, 0.3) is 5.53 Å². The first-order valence-electron chi connectivity index (χ1n) is 6.16. The summed E-state index contributed by atoms with van der Waals surface area (Å²) < 4.78 is 0. The molecule has 0 atom stereocenters. The number of carbonyl (C=O) groups is 1. The van der Waals surface area contributed by atoms with Crippen molar-refractivity contribution in [3.63, 3.8) is 0 Å². The second-order valence-electron chi connectivity index (χ2n) is 4.22. The first-order valence-corrected chi connectivity index (χ1v) is 6.16. The smallest absolute Gasteiger partial charge is 0.361 e. The summed E-state index contributed by atoms with van der Waals surface area (Å²) in [5.41, 5.74) is 10.9. The number of benzene rings is 2. The third kappa shape index (κ3) is 3.47. The predicted octanol–water partition coefficient (Wildman–Crippen LogP) is 2.91. The van der Waals surface area contributed by atoms with Gasteiger partial charge in [-0.1, -0.05) is 48.5 Å². The van der Waals surface area contributed by atoms with Gasteiger partial charge in [-0.25, -0.2) is 0 Å². The van der Waals surface area contributed by atoms with Gasteiger partial charge in [0.1, 0.15) is 0 Å². The standard InChI is InChI=1S/C16H14N2O/c17-18-16(14-9-5-2-6-10-14)15(19)12-11-13-7-3-1-4-8-13/h1-10H,11-12H2. The maximum absolute atomic E-state index is 12.1. The van der Waals surface area contributed by atoms with Crippen LogP contribution in [0.2, 0.25) is 0 Å². The SMILES string of the molecule is [N-]=[N+]=C(C(=O)CCc1ccccc1)c1ccccc1. The van der Waals surface area contributed by atoms with E-state index in [1.54, 1.807) is 12.1 Å². The fraction of sp³-hybridized carbons (Fsp3) is 0.125. The number of aryl methyl sites for hydroxylation is 1. The van der Waals surface area contributed by atoms with Crippen molar-refractivity contribution < 1.29 is 9.58 Å². The number of hydrogen-bond acceptors (Lipinski definition) is 1. The van der Waals surface area contributed by atoms with Crippen molar-refractivity contribution in [2.75, 3.05) is 0 Å². The summed E-state index contributed by atoms with van der Waals surface area (Å²) in [5.74, 6) is -0.155. The minimum Gasteiger partial charge on any atom is -0.361 e. The van der Waals surface area contributed by atoms with Crippen LogP contribution in [0.4, 0.5) is 0 Å². The van der Waals surface area contributed by atoms with Crippen LogP contribution >= 0.6 is 0 Å². The highest BCUT2D eigenvalue weighted by atomic mass is 16.1. The topological polar surface area (TPSA) is 53.5 Å². The third-order valence-electron chi connectivity index (χ3n) is 2.89. The monoisotopic (exact) mass is 250 g/mol. The number of Topliss-reactive ketones (excluding diaryl/α,β-unsaturated/α-hetero) is 1. The van der Waals surface area contributed by atoms with Crippen molar-refractivity contribution in [2.45, 2.75) is 12.8 Å². The van der Waals surface area contributed by atoms with E-state index in [0.717, 1.165) is 5.56 Å². The lowest BCUT2D eigenvalue weighted by Crippen LogP contribution is -2.17. The molecule has 0 amide bonds. The Balaban J connectivity index is 2.05. The quantitative estimate of drug-likeness (QED) is 0.457. The maximum Gasteiger partial charge on any atom is 0.364 e. The third-order valence-corrected chi connectivity index (χ3v) is 2.89. The van der Waals surface area contributed by atoms with E-state index in [-0.39, 0.29) is 11.5 Å². The molecule has 3 nitrogen and oxygen atoms in total. The number of hydrogen-bond donors (Lipinski definition) is 0. The average Bonchev–Trinajstić information content (AvgIpc) is 2.48. The predicted molar refractivity (Wildman–Crippen MR) is 73.9 cm³/mol. The number of nitrogens with zero attached hydrogens (tertiary/aromatic N) is 2. The van der Waals surface area contributed by atoms with Crippen molar-refractivity contribution >= 4 is 11.5 Å². The van der Waals surface area contributed by atoms with Gasteiger partial charge in [0, 0.05) is 6.42 Å². The van der Waals surface area contributed by atoms with Crippen LogP contribution < -0.4 is 0 Å². The molecule has 0 N–H and O–H groups in total. The Bertz CT molecular complexity index is 599. The minimum absolute atomic E-state index is 0.122. The molecule has 2 aromatic rings. The summed E-state index contributed by atoms with van der Waals surface area (Å²) in [5, 5.41) is 0. The summed E-state index contributed by atoms with van der Waals surface area (Å²) in [6.45, 7) is 0. The molecular formula is C16H14N2O. The Morgan fingerprint density at radius 1 is 0.947 bits per heavy atom. The molecule has 2 rings (SSSR count). The van der Waals surface area contributed by atoms with Gasteiger partial charge in [0.2, 0.25) is 5.78 Å². The zero-order valence-corrected chi connectivity index (χ0v) is 10.5. The largest absolute Gasteiger partial charge is 0.364 e. The summed E-state index contributed by atoms with van der Waals surface area (Å²) in [7, 11) is 0. The second kappa shape index (κ2) is 6.43. The Kier molecular flexibility index (Phi) is 4.38. The molecule has 0 saturated heterocycles. The fourth-order valence-corrected chi connectivity index (χ4v) is 1.89. The van der Waals surface area contributed by atoms with E-state index in [0.29, 0.717) is 18.4 Å². The molecular weight excluding hydrogens is 236 g/mol. The van der Waals surface area contributed by atoms with Crippen molar-refractivity contribution in [1.82, 2.24) is 0 Å². The van der Waals surface area contributed by atoms with Crippen LogP contribution in [0.5, 0.6) is 0 Å². The average molecular weight is 250 g/mol. The molecule has 0 saturated carbocycles. The Hall–Kier alpha value is -2.51. The lowest BCUT2D eigenvalue weighted by Gasteiger charge is -1.99.